The first-order valence-corrected chi connectivity index (χ1v) is 12.7. The number of nitrogens with one attached hydrogen (secondary N) is 1. The number of hydrogen-bond acceptors (Lipinski definition) is 8. The van der Waals surface area contributed by atoms with Crippen molar-refractivity contribution in [2.24, 2.45) is 16.6 Å². The van der Waals surface area contributed by atoms with Crippen molar-refractivity contribution in [3.8, 4) is 0 Å². The number of allylic oxidation sites excluding steroid dienone is 2. The number of rotatable bonds is 4. The van der Waals surface area contributed by atoms with Crippen LogP contribution < -0.4 is 15.4 Å². The zero-order chi connectivity index (χ0) is 23.8. The molecule has 1 aromatic heterocycles. The van der Waals surface area contributed by atoms with Crippen LogP contribution >= 0.6 is 12.2 Å². The Labute approximate surface area is 205 Å². The lowest BCUT2D eigenvalue weighted by Gasteiger charge is -2.35. The number of aliphatic imine (C=N–C) groups is 1. The molecule has 9 heteroatoms. The number of nitrogens with two attached hydrogens (primary N) is 1. The van der Waals surface area contributed by atoms with E-state index in [0.29, 0.717) is 41.9 Å². The fraction of sp³-hybridized carbons (Fsp3) is 0.440. The Morgan fingerprint density at radius 1 is 1.15 bits per heavy atom. The minimum absolute atomic E-state index is 0.125. The van der Waals surface area contributed by atoms with Crippen LogP contribution in [0, 0.1) is 5.92 Å². The first kappa shape index (κ1) is 24.4. The van der Waals surface area contributed by atoms with Gasteiger partial charge in [0.1, 0.15) is 23.8 Å². The van der Waals surface area contributed by atoms with Gasteiger partial charge in [-0.05, 0) is 61.4 Å². The van der Waals surface area contributed by atoms with Crippen molar-refractivity contribution in [2.75, 3.05) is 29.3 Å². The number of hydrogen-bond donors (Lipinski definition) is 4. The van der Waals surface area contributed by atoms with Gasteiger partial charge in [-0.2, -0.15) is 5.10 Å². The predicted octanol–water partition coefficient (Wildman–Crippen LogP) is 4.61. The summed E-state index contributed by atoms with van der Waals surface area (Å²) in [6, 6.07) is 7.91. The standard InChI is InChI=1S/C25H34N6O2S/c26-25-23(31-15-12-22(18-32)28-31)9-4-8-20-10-11-21(29-34-33)16-24(20)30-14-5-7-19(17-30)6-2-1-3-13-27-25/h4,8-12,15-16,19,29,32-33H,1-3,5-7,13-14,17-18H2,(H2,26,27)/b8-4+,23-9+. The van der Waals surface area contributed by atoms with Crippen LogP contribution in [0.15, 0.2) is 47.6 Å². The number of fused-ring (bicyclic) bond motifs is 4. The molecule has 2 bridgehead atoms. The molecule has 1 atom stereocenters. The van der Waals surface area contributed by atoms with Gasteiger partial charge in [-0.1, -0.05) is 31.1 Å². The number of benzene rings is 1. The summed E-state index contributed by atoms with van der Waals surface area (Å²) in [7, 11) is 0. The summed E-state index contributed by atoms with van der Waals surface area (Å²) < 4.78 is 13.9. The number of aliphatic hydroxyl groups is 1. The summed E-state index contributed by atoms with van der Waals surface area (Å²) in [6.45, 7) is 2.66. The van der Waals surface area contributed by atoms with Gasteiger partial charge >= 0.3 is 0 Å². The number of anilines is 2. The summed E-state index contributed by atoms with van der Waals surface area (Å²) in [5, 5.41) is 13.8. The van der Waals surface area contributed by atoms with E-state index in [2.05, 4.69) is 37.9 Å². The van der Waals surface area contributed by atoms with Crippen LogP contribution in [0.1, 0.15) is 49.8 Å². The highest BCUT2D eigenvalue weighted by Crippen LogP contribution is 2.32. The molecular weight excluding hydrogens is 448 g/mol. The third-order valence-electron chi connectivity index (χ3n) is 6.45. The van der Waals surface area contributed by atoms with E-state index in [0.717, 1.165) is 42.9 Å². The second-order valence-electron chi connectivity index (χ2n) is 8.86. The Hall–Kier alpha value is -2.75. The molecule has 2 aliphatic rings. The number of piperidine rings is 1. The van der Waals surface area contributed by atoms with Gasteiger partial charge in [0, 0.05) is 37.2 Å². The minimum Gasteiger partial charge on any atom is -0.390 e. The molecule has 1 saturated heterocycles. The van der Waals surface area contributed by atoms with Crippen molar-refractivity contribution in [3.05, 3.63) is 53.9 Å². The van der Waals surface area contributed by atoms with Gasteiger partial charge < -0.3 is 25.0 Å². The smallest absolute Gasteiger partial charge is 0.144 e. The highest BCUT2D eigenvalue weighted by Gasteiger charge is 2.21. The highest BCUT2D eigenvalue weighted by molar-refractivity contribution is 7.95. The van der Waals surface area contributed by atoms with Crippen LogP contribution in [-0.4, -0.2) is 44.9 Å². The zero-order valence-electron chi connectivity index (χ0n) is 19.4. The van der Waals surface area contributed by atoms with Crippen molar-refractivity contribution < 1.29 is 9.66 Å². The minimum atomic E-state index is -0.125. The predicted molar refractivity (Wildman–Crippen MR) is 142 cm³/mol. The SMILES string of the molecule is NC1=NCCCCCC2CCCN(C2)c2cc(NSO)ccc2/C=C/C=C\1n1ccc(CO)n1. The lowest BCUT2D eigenvalue weighted by atomic mass is 9.91. The van der Waals surface area contributed by atoms with Gasteiger partial charge in [0.15, 0.2) is 0 Å². The first-order valence-electron chi connectivity index (χ1n) is 12.0. The Morgan fingerprint density at radius 2 is 2.03 bits per heavy atom. The molecule has 1 aromatic carbocycles. The molecule has 34 heavy (non-hydrogen) atoms. The molecule has 5 N–H and O–H groups in total. The maximum absolute atomic E-state index is 9.42. The van der Waals surface area contributed by atoms with Crippen molar-refractivity contribution in [3.63, 3.8) is 0 Å². The molecule has 3 heterocycles. The maximum atomic E-state index is 9.42. The molecule has 0 aliphatic carbocycles. The average Bonchev–Trinajstić information content (AvgIpc) is 3.33. The topological polar surface area (TPSA) is 112 Å². The van der Waals surface area contributed by atoms with Crippen molar-refractivity contribution in [2.45, 2.75) is 45.1 Å². The van der Waals surface area contributed by atoms with Crippen LogP contribution in [0.4, 0.5) is 11.4 Å². The van der Waals surface area contributed by atoms with E-state index >= 15 is 0 Å². The Balaban J connectivity index is 1.72. The number of amidine groups is 1. The zero-order valence-corrected chi connectivity index (χ0v) is 20.3. The van der Waals surface area contributed by atoms with Crippen LogP contribution in [-0.2, 0) is 6.61 Å². The molecule has 1 unspecified atom stereocenters. The van der Waals surface area contributed by atoms with Gasteiger partial charge in [0.2, 0.25) is 0 Å². The van der Waals surface area contributed by atoms with E-state index in [1.165, 1.54) is 25.7 Å². The fourth-order valence-corrected chi connectivity index (χ4v) is 4.93. The van der Waals surface area contributed by atoms with E-state index in [4.69, 9.17) is 5.73 Å². The molecule has 2 aliphatic heterocycles. The van der Waals surface area contributed by atoms with Crippen molar-refractivity contribution in [1.29, 1.82) is 0 Å². The van der Waals surface area contributed by atoms with Crippen LogP contribution in [0.2, 0.25) is 0 Å². The van der Waals surface area contributed by atoms with Crippen molar-refractivity contribution in [1.82, 2.24) is 9.78 Å². The van der Waals surface area contributed by atoms with Crippen LogP contribution in [0.5, 0.6) is 0 Å². The maximum Gasteiger partial charge on any atom is 0.144 e. The molecule has 0 amide bonds. The molecule has 182 valence electrons. The van der Waals surface area contributed by atoms with Gasteiger partial charge in [0.25, 0.3) is 0 Å². The Morgan fingerprint density at radius 3 is 2.85 bits per heavy atom. The van der Waals surface area contributed by atoms with E-state index in [-0.39, 0.29) is 6.61 Å². The molecule has 0 radical (unpaired) electrons. The monoisotopic (exact) mass is 482 g/mol. The van der Waals surface area contributed by atoms with Crippen molar-refractivity contribution >= 4 is 41.2 Å². The van der Waals surface area contributed by atoms with Crippen LogP contribution in [0.25, 0.3) is 11.8 Å². The van der Waals surface area contributed by atoms with Gasteiger partial charge in [0.05, 0.1) is 12.3 Å². The second kappa shape index (κ2) is 12.1. The third-order valence-corrected chi connectivity index (χ3v) is 6.78. The Kier molecular flexibility index (Phi) is 8.67. The van der Waals surface area contributed by atoms with Crippen LogP contribution in [0.3, 0.4) is 0 Å². The second-order valence-corrected chi connectivity index (χ2v) is 9.24. The molecule has 1 fully saturated rings. The van der Waals surface area contributed by atoms with E-state index in [9.17, 15) is 9.66 Å². The quantitative estimate of drug-likeness (QED) is 0.372. The molecule has 0 spiro atoms. The fourth-order valence-electron chi connectivity index (χ4n) is 4.70. The van der Waals surface area contributed by atoms with E-state index in [1.807, 2.05) is 18.2 Å². The number of nitrogens with zero attached hydrogens (tertiary/aromatic N) is 4. The summed E-state index contributed by atoms with van der Waals surface area (Å²) in [6.07, 6.45) is 14.8. The normalized spacial score (nSPS) is 22.3. The molecule has 4 rings (SSSR count). The summed E-state index contributed by atoms with van der Waals surface area (Å²) >= 11 is 0.612. The van der Waals surface area contributed by atoms with E-state index in [1.54, 1.807) is 16.9 Å². The third kappa shape index (κ3) is 6.22. The molecular formula is C25H34N6O2S. The largest absolute Gasteiger partial charge is 0.390 e. The van der Waals surface area contributed by atoms with Gasteiger partial charge in [-0.3, -0.25) is 4.99 Å². The summed E-state index contributed by atoms with van der Waals surface area (Å²) in [4.78, 5) is 7.09. The lowest BCUT2D eigenvalue weighted by Crippen LogP contribution is -2.35. The number of aromatic nitrogens is 2. The molecule has 2 aromatic rings. The number of aliphatic hydroxyl groups excluding tert-OH is 1. The van der Waals surface area contributed by atoms with E-state index < -0.39 is 0 Å². The summed E-state index contributed by atoms with van der Waals surface area (Å²) in [5.74, 6) is 1.13. The van der Waals surface area contributed by atoms with Gasteiger partial charge in [-0.25, -0.2) is 4.68 Å². The highest BCUT2D eigenvalue weighted by atomic mass is 32.2. The molecule has 8 nitrogen and oxygen atoms in total. The first-order chi connectivity index (χ1) is 16.7. The molecule has 0 saturated carbocycles. The lowest BCUT2D eigenvalue weighted by molar-refractivity contribution is 0.276. The Bertz CT molecular complexity index is 1050. The average molecular weight is 483 g/mol. The summed E-state index contributed by atoms with van der Waals surface area (Å²) in [5.41, 5.74) is 10.8. The van der Waals surface area contributed by atoms with Gasteiger partial charge in [-0.15, -0.1) is 0 Å².